The summed E-state index contributed by atoms with van der Waals surface area (Å²) in [5.74, 6) is -0.100. The van der Waals surface area contributed by atoms with Crippen LogP contribution in [0.4, 0.5) is 0 Å². The van der Waals surface area contributed by atoms with Gasteiger partial charge < -0.3 is 10.6 Å². The van der Waals surface area contributed by atoms with Crippen molar-refractivity contribution >= 4 is 29.9 Å². The van der Waals surface area contributed by atoms with Gasteiger partial charge in [-0.15, -0.1) is 12.4 Å². The minimum absolute atomic E-state index is 0. The van der Waals surface area contributed by atoms with Gasteiger partial charge in [0.1, 0.15) is 0 Å². The fourth-order valence-corrected chi connectivity index (χ4v) is 2.25. The zero-order valence-corrected chi connectivity index (χ0v) is 14.2. The number of hydrogen-bond donors (Lipinski definition) is 2. The highest BCUT2D eigenvalue weighted by Gasteiger charge is 2.14. The van der Waals surface area contributed by atoms with Gasteiger partial charge in [0.15, 0.2) is 0 Å². The zero-order chi connectivity index (χ0) is 15.2. The number of carbonyl (C=O) groups excluding carboxylic acids is 1. The van der Waals surface area contributed by atoms with Crippen molar-refractivity contribution in [2.24, 2.45) is 0 Å². The molecule has 1 aromatic heterocycles. The van der Waals surface area contributed by atoms with Crippen molar-refractivity contribution in [1.82, 2.24) is 20.4 Å². The molecule has 22 heavy (non-hydrogen) atoms. The molecule has 7 heteroatoms. The van der Waals surface area contributed by atoms with Crippen LogP contribution in [-0.4, -0.2) is 35.8 Å². The Morgan fingerprint density at radius 3 is 2.82 bits per heavy atom. The van der Waals surface area contributed by atoms with Crippen molar-refractivity contribution in [2.45, 2.75) is 13.3 Å². The van der Waals surface area contributed by atoms with Gasteiger partial charge in [-0.05, 0) is 45.1 Å². The van der Waals surface area contributed by atoms with Crippen LogP contribution in [0.3, 0.4) is 0 Å². The zero-order valence-electron chi connectivity index (χ0n) is 12.6. The van der Waals surface area contributed by atoms with Crippen LogP contribution in [0.1, 0.15) is 22.5 Å². The molecule has 1 heterocycles. The number of halogens is 2. The lowest BCUT2D eigenvalue weighted by atomic mass is 10.2. The molecule has 0 fully saturated rings. The topological polar surface area (TPSA) is 58.9 Å². The van der Waals surface area contributed by atoms with Crippen LogP contribution < -0.4 is 10.6 Å². The molecule has 2 aromatic rings. The standard InChI is InChI=1S/C15H19ClN4O.ClH/c1-11-14(15(21)18-8-4-7-17-2)10-19-20(11)13-6-3-5-12(16)9-13;/h3,5-6,9-10,17H,4,7-8H2,1-2H3,(H,18,21);1H. The fraction of sp³-hybridized carbons (Fsp3) is 0.333. The highest BCUT2D eigenvalue weighted by Crippen LogP contribution is 2.17. The summed E-state index contributed by atoms with van der Waals surface area (Å²) >= 11 is 5.99. The van der Waals surface area contributed by atoms with Crippen LogP contribution in [0.25, 0.3) is 5.69 Å². The van der Waals surface area contributed by atoms with Crippen LogP contribution >= 0.6 is 24.0 Å². The molecule has 0 spiro atoms. The second-order valence-electron chi connectivity index (χ2n) is 4.75. The van der Waals surface area contributed by atoms with Crippen molar-refractivity contribution in [1.29, 1.82) is 0 Å². The van der Waals surface area contributed by atoms with E-state index >= 15 is 0 Å². The van der Waals surface area contributed by atoms with Crippen molar-refractivity contribution in [3.8, 4) is 5.69 Å². The summed E-state index contributed by atoms with van der Waals surface area (Å²) in [5, 5.41) is 10.9. The van der Waals surface area contributed by atoms with E-state index in [4.69, 9.17) is 11.6 Å². The van der Waals surface area contributed by atoms with E-state index in [1.54, 1.807) is 16.9 Å². The highest BCUT2D eigenvalue weighted by atomic mass is 35.5. The van der Waals surface area contributed by atoms with Crippen molar-refractivity contribution in [3.63, 3.8) is 0 Å². The molecule has 0 aliphatic carbocycles. The maximum Gasteiger partial charge on any atom is 0.254 e. The van der Waals surface area contributed by atoms with Gasteiger partial charge in [-0.3, -0.25) is 4.79 Å². The Morgan fingerprint density at radius 1 is 1.36 bits per heavy atom. The number of nitrogens with one attached hydrogen (secondary N) is 2. The van der Waals surface area contributed by atoms with Crippen LogP contribution in [-0.2, 0) is 0 Å². The molecule has 2 rings (SSSR count). The minimum atomic E-state index is -0.100. The summed E-state index contributed by atoms with van der Waals surface area (Å²) in [4.78, 5) is 12.1. The van der Waals surface area contributed by atoms with Gasteiger partial charge in [-0.25, -0.2) is 4.68 Å². The van der Waals surface area contributed by atoms with Gasteiger partial charge in [0, 0.05) is 11.6 Å². The lowest BCUT2D eigenvalue weighted by Gasteiger charge is -2.07. The first-order chi connectivity index (χ1) is 10.1. The molecule has 0 saturated heterocycles. The van der Waals surface area contributed by atoms with E-state index in [1.165, 1.54) is 0 Å². The van der Waals surface area contributed by atoms with Gasteiger partial charge in [0.25, 0.3) is 5.91 Å². The second-order valence-corrected chi connectivity index (χ2v) is 5.18. The number of nitrogens with zero attached hydrogens (tertiary/aromatic N) is 2. The molecular weight excluding hydrogens is 323 g/mol. The number of aromatic nitrogens is 2. The molecule has 0 radical (unpaired) electrons. The summed E-state index contributed by atoms with van der Waals surface area (Å²) in [7, 11) is 1.89. The maximum absolute atomic E-state index is 12.1. The van der Waals surface area contributed by atoms with Crippen LogP contribution in [0.15, 0.2) is 30.5 Å². The molecular formula is C15H20Cl2N4O. The Hall–Kier alpha value is -1.56. The van der Waals surface area contributed by atoms with E-state index in [0.717, 1.165) is 24.3 Å². The van der Waals surface area contributed by atoms with Gasteiger partial charge in [-0.1, -0.05) is 17.7 Å². The lowest BCUT2D eigenvalue weighted by molar-refractivity contribution is 0.0952. The lowest BCUT2D eigenvalue weighted by Crippen LogP contribution is -2.26. The molecule has 0 bridgehead atoms. The Labute approximate surface area is 141 Å². The Kier molecular flexibility index (Phi) is 7.38. The molecule has 5 nitrogen and oxygen atoms in total. The van der Waals surface area contributed by atoms with Crippen molar-refractivity contribution < 1.29 is 4.79 Å². The molecule has 0 aliphatic rings. The molecule has 0 saturated carbocycles. The van der Waals surface area contributed by atoms with Gasteiger partial charge in [-0.2, -0.15) is 5.10 Å². The number of hydrogen-bond acceptors (Lipinski definition) is 3. The van der Waals surface area contributed by atoms with E-state index in [2.05, 4.69) is 15.7 Å². The van der Waals surface area contributed by atoms with Crippen LogP contribution in [0.5, 0.6) is 0 Å². The molecule has 120 valence electrons. The van der Waals surface area contributed by atoms with Gasteiger partial charge >= 0.3 is 0 Å². The molecule has 1 amide bonds. The maximum atomic E-state index is 12.1. The average Bonchev–Trinajstić information content (AvgIpc) is 2.85. The van der Waals surface area contributed by atoms with E-state index < -0.39 is 0 Å². The fourth-order valence-electron chi connectivity index (χ4n) is 2.06. The summed E-state index contributed by atoms with van der Waals surface area (Å²) in [5.41, 5.74) is 2.22. The summed E-state index contributed by atoms with van der Waals surface area (Å²) < 4.78 is 1.72. The smallest absolute Gasteiger partial charge is 0.254 e. The second kappa shape index (κ2) is 8.78. The third kappa shape index (κ3) is 4.47. The SMILES string of the molecule is CNCCCNC(=O)c1cnn(-c2cccc(Cl)c2)c1C.Cl. The van der Waals surface area contributed by atoms with Crippen LogP contribution in [0, 0.1) is 6.92 Å². The monoisotopic (exact) mass is 342 g/mol. The molecule has 2 N–H and O–H groups in total. The third-order valence-electron chi connectivity index (χ3n) is 3.20. The minimum Gasteiger partial charge on any atom is -0.352 e. The number of carbonyl (C=O) groups is 1. The third-order valence-corrected chi connectivity index (χ3v) is 3.43. The predicted molar refractivity (Wildman–Crippen MR) is 91.4 cm³/mol. The Bertz CT molecular complexity index is 628. The van der Waals surface area contributed by atoms with Crippen molar-refractivity contribution in [2.75, 3.05) is 20.1 Å². The highest BCUT2D eigenvalue weighted by molar-refractivity contribution is 6.30. The van der Waals surface area contributed by atoms with E-state index in [-0.39, 0.29) is 18.3 Å². The van der Waals surface area contributed by atoms with Gasteiger partial charge in [0.2, 0.25) is 0 Å². The first-order valence-electron chi connectivity index (χ1n) is 6.87. The Morgan fingerprint density at radius 2 is 2.14 bits per heavy atom. The Balaban J connectivity index is 0.00000242. The van der Waals surface area contributed by atoms with Crippen molar-refractivity contribution in [3.05, 3.63) is 46.7 Å². The number of rotatable bonds is 6. The van der Waals surface area contributed by atoms with E-state index in [1.807, 2.05) is 32.2 Å². The van der Waals surface area contributed by atoms with Gasteiger partial charge in [0.05, 0.1) is 23.1 Å². The normalized spacial score (nSPS) is 10.1. The molecule has 0 aliphatic heterocycles. The molecule has 0 unspecified atom stereocenters. The molecule has 1 aromatic carbocycles. The predicted octanol–water partition coefficient (Wildman–Crippen LogP) is 2.60. The first kappa shape index (κ1) is 18.5. The molecule has 0 atom stereocenters. The average molecular weight is 343 g/mol. The number of amides is 1. The summed E-state index contributed by atoms with van der Waals surface area (Å²) in [6.45, 7) is 3.39. The van der Waals surface area contributed by atoms with E-state index in [0.29, 0.717) is 17.1 Å². The summed E-state index contributed by atoms with van der Waals surface area (Å²) in [6, 6.07) is 7.38. The van der Waals surface area contributed by atoms with E-state index in [9.17, 15) is 4.79 Å². The quantitative estimate of drug-likeness (QED) is 0.793. The summed E-state index contributed by atoms with van der Waals surface area (Å²) in [6.07, 6.45) is 2.48. The largest absolute Gasteiger partial charge is 0.352 e. The first-order valence-corrected chi connectivity index (χ1v) is 7.24. The van der Waals surface area contributed by atoms with Crippen LogP contribution in [0.2, 0.25) is 5.02 Å². The number of benzene rings is 1.